The highest BCUT2D eigenvalue weighted by atomic mass is 16.5. The van der Waals surface area contributed by atoms with Crippen LogP contribution in [0.5, 0.6) is 0 Å². The lowest BCUT2D eigenvalue weighted by Gasteiger charge is -2.18. The number of nitrogens with two attached hydrogens (primary N) is 1. The molecule has 0 aliphatic carbocycles. The van der Waals surface area contributed by atoms with E-state index >= 15 is 0 Å². The highest BCUT2D eigenvalue weighted by molar-refractivity contribution is 5.89. The molecule has 1 heterocycles. The molecule has 0 amide bonds. The second-order valence-electron chi connectivity index (χ2n) is 3.95. The maximum atomic E-state index is 11.4. The molecule has 0 spiro atoms. The van der Waals surface area contributed by atoms with Crippen LogP contribution in [-0.4, -0.2) is 40.9 Å². The van der Waals surface area contributed by atoms with Crippen molar-refractivity contribution in [2.24, 2.45) is 5.11 Å². The Labute approximate surface area is 114 Å². The van der Waals surface area contributed by atoms with E-state index in [1.807, 2.05) is 0 Å². The molecule has 9 nitrogen and oxygen atoms in total. The Balaban J connectivity index is 2.93. The first-order chi connectivity index (χ1) is 9.51. The molecule has 2 atom stereocenters. The molecule has 9 heteroatoms. The van der Waals surface area contributed by atoms with E-state index in [2.05, 4.69) is 19.7 Å². The zero-order valence-electron chi connectivity index (χ0n) is 10.8. The predicted octanol–water partition coefficient (Wildman–Crippen LogP) is 0.545. The van der Waals surface area contributed by atoms with Crippen molar-refractivity contribution in [3.63, 3.8) is 0 Å². The summed E-state index contributed by atoms with van der Waals surface area (Å²) in [7, 11) is 1.21. The standard InChI is InChI=1S/C11H15N5O4/c1-20-11(19)6-4-7(10(12)14-5-6)9(18)8(17)2-3-15-16-13/h4-5,8-9,17-18H,2-3H2,1H3,(H2,12,14). The number of nitrogens with zero attached hydrogens (tertiary/aromatic N) is 4. The van der Waals surface area contributed by atoms with Crippen molar-refractivity contribution in [1.82, 2.24) is 4.98 Å². The van der Waals surface area contributed by atoms with Gasteiger partial charge in [0.25, 0.3) is 0 Å². The summed E-state index contributed by atoms with van der Waals surface area (Å²) in [4.78, 5) is 17.7. The van der Waals surface area contributed by atoms with Crippen molar-refractivity contribution in [2.45, 2.75) is 18.6 Å². The number of carbonyl (C=O) groups excluding carboxylic acids is 1. The number of carbonyl (C=O) groups is 1. The Hall–Kier alpha value is -2.35. The monoisotopic (exact) mass is 281 g/mol. The van der Waals surface area contributed by atoms with Crippen LogP contribution in [-0.2, 0) is 4.74 Å². The number of aliphatic hydroxyl groups is 2. The summed E-state index contributed by atoms with van der Waals surface area (Å²) < 4.78 is 4.53. The average molecular weight is 281 g/mol. The summed E-state index contributed by atoms with van der Waals surface area (Å²) in [5.74, 6) is -0.637. The minimum absolute atomic E-state index is 0.00649. The van der Waals surface area contributed by atoms with Crippen LogP contribution in [0.15, 0.2) is 17.4 Å². The van der Waals surface area contributed by atoms with Crippen molar-refractivity contribution >= 4 is 11.8 Å². The van der Waals surface area contributed by atoms with Crippen LogP contribution >= 0.6 is 0 Å². The fraction of sp³-hybridized carbons (Fsp3) is 0.455. The van der Waals surface area contributed by atoms with Gasteiger partial charge in [-0.15, -0.1) is 0 Å². The first-order valence-corrected chi connectivity index (χ1v) is 5.72. The van der Waals surface area contributed by atoms with Crippen LogP contribution in [0.4, 0.5) is 5.82 Å². The summed E-state index contributed by atoms with van der Waals surface area (Å²) in [6, 6.07) is 1.30. The number of aliphatic hydroxyl groups excluding tert-OH is 2. The summed E-state index contributed by atoms with van der Waals surface area (Å²) >= 11 is 0. The number of aromatic nitrogens is 1. The van der Waals surface area contributed by atoms with Crippen LogP contribution in [0.2, 0.25) is 0 Å². The van der Waals surface area contributed by atoms with E-state index in [1.54, 1.807) is 0 Å². The molecule has 4 N–H and O–H groups in total. The van der Waals surface area contributed by atoms with E-state index in [0.717, 1.165) is 0 Å². The van der Waals surface area contributed by atoms with Crippen molar-refractivity contribution in [1.29, 1.82) is 0 Å². The van der Waals surface area contributed by atoms with E-state index in [0.29, 0.717) is 0 Å². The number of rotatable bonds is 6. The third kappa shape index (κ3) is 3.82. The minimum atomic E-state index is -1.35. The Morgan fingerprint density at radius 3 is 2.95 bits per heavy atom. The molecular weight excluding hydrogens is 266 g/mol. The number of nitrogen functional groups attached to an aromatic ring is 1. The SMILES string of the molecule is COC(=O)c1cnc(N)c(C(O)C(O)CCN=[N+]=[N-])c1. The summed E-state index contributed by atoms with van der Waals surface area (Å²) in [6.07, 6.45) is -1.28. The third-order valence-electron chi connectivity index (χ3n) is 2.64. The van der Waals surface area contributed by atoms with Crippen molar-refractivity contribution < 1.29 is 19.7 Å². The lowest BCUT2D eigenvalue weighted by atomic mass is 10.0. The maximum Gasteiger partial charge on any atom is 0.339 e. The molecule has 0 aliphatic rings. The van der Waals surface area contributed by atoms with Crippen LogP contribution in [0.3, 0.4) is 0 Å². The number of esters is 1. The molecule has 0 aliphatic heterocycles. The number of anilines is 1. The molecule has 0 aromatic carbocycles. The van der Waals surface area contributed by atoms with Crippen LogP contribution in [0.25, 0.3) is 10.4 Å². The number of hydrogen-bond acceptors (Lipinski definition) is 7. The predicted molar refractivity (Wildman–Crippen MR) is 69.6 cm³/mol. The Morgan fingerprint density at radius 1 is 1.65 bits per heavy atom. The smallest absolute Gasteiger partial charge is 0.339 e. The van der Waals surface area contributed by atoms with Gasteiger partial charge in [-0.05, 0) is 18.0 Å². The van der Waals surface area contributed by atoms with Gasteiger partial charge < -0.3 is 20.7 Å². The van der Waals surface area contributed by atoms with E-state index in [-0.39, 0.29) is 29.9 Å². The fourth-order valence-corrected chi connectivity index (χ4v) is 1.56. The molecule has 20 heavy (non-hydrogen) atoms. The summed E-state index contributed by atoms with van der Waals surface area (Å²) in [6.45, 7) is 0.0265. The number of methoxy groups -OCH3 is 1. The van der Waals surface area contributed by atoms with Gasteiger partial charge >= 0.3 is 5.97 Å². The lowest BCUT2D eigenvalue weighted by molar-refractivity contribution is 0.0152. The van der Waals surface area contributed by atoms with Crippen LogP contribution < -0.4 is 5.73 Å². The third-order valence-corrected chi connectivity index (χ3v) is 2.64. The molecular formula is C11H15N5O4. The quantitative estimate of drug-likeness (QED) is 0.299. The van der Waals surface area contributed by atoms with Gasteiger partial charge in [0.15, 0.2) is 0 Å². The maximum absolute atomic E-state index is 11.4. The van der Waals surface area contributed by atoms with E-state index in [1.165, 1.54) is 19.4 Å². The molecule has 0 bridgehead atoms. The largest absolute Gasteiger partial charge is 0.465 e. The molecule has 1 aromatic heterocycles. The highest BCUT2D eigenvalue weighted by Crippen LogP contribution is 2.24. The average Bonchev–Trinajstić information content (AvgIpc) is 2.46. The molecule has 0 fully saturated rings. The van der Waals surface area contributed by atoms with Gasteiger partial charge in [-0.1, -0.05) is 5.11 Å². The van der Waals surface area contributed by atoms with Gasteiger partial charge in [-0.25, -0.2) is 9.78 Å². The number of pyridine rings is 1. The molecule has 1 aromatic rings. The lowest BCUT2D eigenvalue weighted by Crippen LogP contribution is -2.21. The Morgan fingerprint density at radius 2 is 2.35 bits per heavy atom. The number of azide groups is 1. The highest BCUT2D eigenvalue weighted by Gasteiger charge is 2.22. The van der Waals surface area contributed by atoms with Gasteiger partial charge in [0, 0.05) is 23.2 Å². The number of ether oxygens (including phenoxy) is 1. The molecule has 0 saturated heterocycles. The van der Waals surface area contributed by atoms with Gasteiger partial charge in [0.2, 0.25) is 0 Å². The molecule has 0 radical (unpaired) electrons. The first-order valence-electron chi connectivity index (χ1n) is 5.72. The van der Waals surface area contributed by atoms with E-state index in [4.69, 9.17) is 11.3 Å². The topological polar surface area (TPSA) is 154 Å². The Bertz CT molecular complexity index is 530. The molecule has 2 unspecified atom stereocenters. The van der Waals surface area contributed by atoms with Crippen LogP contribution in [0.1, 0.15) is 28.4 Å². The van der Waals surface area contributed by atoms with Gasteiger partial charge in [0.1, 0.15) is 11.9 Å². The zero-order chi connectivity index (χ0) is 15.1. The van der Waals surface area contributed by atoms with Crippen LogP contribution in [0, 0.1) is 0 Å². The first kappa shape index (κ1) is 15.7. The second kappa shape index (κ2) is 7.29. The normalized spacial score (nSPS) is 13.2. The van der Waals surface area contributed by atoms with Gasteiger partial charge in [-0.3, -0.25) is 0 Å². The van der Waals surface area contributed by atoms with Gasteiger partial charge in [0.05, 0.1) is 18.8 Å². The van der Waals surface area contributed by atoms with E-state index < -0.39 is 18.2 Å². The van der Waals surface area contributed by atoms with E-state index in [9.17, 15) is 15.0 Å². The Kier molecular flexibility index (Phi) is 5.73. The van der Waals surface area contributed by atoms with Crippen molar-refractivity contribution in [3.05, 3.63) is 33.8 Å². The molecule has 108 valence electrons. The zero-order valence-corrected chi connectivity index (χ0v) is 10.8. The number of hydrogen-bond donors (Lipinski definition) is 3. The molecule has 1 rings (SSSR count). The fourth-order valence-electron chi connectivity index (χ4n) is 1.56. The van der Waals surface area contributed by atoms with Crippen molar-refractivity contribution in [2.75, 3.05) is 19.4 Å². The molecule has 0 saturated carbocycles. The summed E-state index contributed by atoms with van der Waals surface area (Å²) in [5.41, 5.74) is 14.0. The summed E-state index contributed by atoms with van der Waals surface area (Å²) in [5, 5.41) is 23.0. The second-order valence-corrected chi connectivity index (χ2v) is 3.95. The van der Waals surface area contributed by atoms with Gasteiger partial charge in [-0.2, -0.15) is 0 Å². The minimum Gasteiger partial charge on any atom is -0.465 e. The van der Waals surface area contributed by atoms with Crippen molar-refractivity contribution in [3.8, 4) is 0 Å².